The standard InChI is InChI=1S/C84H73BN2/c1-82(2,3)65-52-68(58-34-20-12-21-35-58)80(69(53-65)59-36-22-13-23-37-59)86-75-46-44-62(56-30-16-10-17-31-56)48-73(75)85-74-49-63(67-42-28-29-43-72(67)84(7,8)9)45-47-76(74)87(78-51-64(50-77(86)79(78)85)57-32-18-11-19-33-57)81-70(60-38-24-14-25-39-60)54-66(83(4,5)6)55-71(81)61-40-26-15-27-41-61/h10-55H,1-9H3. The van der Waals surface area contributed by atoms with E-state index in [0.29, 0.717) is 0 Å². The summed E-state index contributed by atoms with van der Waals surface area (Å²) in [6.45, 7) is 20.9. The fourth-order valence-electron chi connectivity index (χ4n) is 13.6. The molecular formula is C84H73BN2. The maximum Gasteiger partial charge on any atom is 0.252 e. The van der Waals surface area contributed by atoms with Crippen molar-refractivity contribution < 1.29 is 0 Å². The molecule has 3 heteroatoms. The van der Waals surface area contributed by atoms with Gasteiger partial charge < -0.3 is 9.80 Å². The van der Waals surface area contributed by atoms with E-state index < -0.39 is 0 Å². The van der Waals surface area contributed by atoms with Crippen LogP contribution in [-0.2, 0) is 16.2 Å². The molecule has 0 unspecified atom stereocenters. The summed E-state index contributed by atoms with van der Waals surface area (Å²) >= 11 is 0. The monoisotopic (exact) mass is 1120 g/mol. The molecule has 0 saturated carbocycles. The molecule has 0 aromatic heterocycles. The lowest BCUT2D eigenvalue weighted by Crippen LogP contribution is -2.61. The molecule has 0 saturated heterocycles. The van der Waals surface area contributed by atoms with E-state index in [1.165, 1.54) is 99.8 Å². The summed E-state index contributed by atoms with van der Waals surface area (Å²) in [5.74, 6) is 0. The summed E-state index contributed by atoms with van der Waals surface area (Å²) in [7, 11) is 0. The van der Waals surface area contributed by atoms with Gasteiger partial charge in [0.25, 0.3) is 6.71 Å². The minimum atomic E-state index is -0.203. The fourth-order valence-corrected chi connectivity index (χ4v) is 13.6. The van der Waals surface area contributed by atoms with E-state index in [2.05, 4.69) is 351 Å². The van der Waals surface area contributed by atoms with Crippen molar-refractivity contribution in [1.82, 2.24) is 0 Å². The predicted octanol–water partition coefficient (Wildman–Crippen LogP) is 21.3. The molecule has 2 heterocycles. The summed E-state index contributed by atoms with van der Waals surface area (Å²) in [6, 6.07) is 105. The fraction of sp³-hybridized carbons (Fsp3) is 0.143. The molecule has 0 spiro atoms. The first-order chi connectivity index (χ1) is 42.1. The van der Waals surface area contributed by atoms with Crippen molar-refractivity contribution in [2.24, 2.45) is 0 Å². The molecule has 0 atom stereocenters. The van der Waals surface area contributed by atoms with Gasteiger partial charge in [0.05, 0.1) is 11.4 Å². The van der Waals surface area contributed by atoms with Gasteiger partial charge in [0.1, 0.15) is 0 Å². The van der Waals surface area contributed by atoms with E-state index in [0.717, 1.165) is 45.3 Å². The van der Waals surface area contributed by atoms with E-state index in [-0.39, 0.29) is 23.0 Å². The van der Waals surface area contributed by atoms with E-state index in [1.54, 1.807) is 0 Å². The van der Waals surface area contributed by atoms with Crippen molar-refractivity contribution in [2.75, 3.05) is 9.80 Å². The Balaban J connectivity index is 1.20. The maximum atomic E-state index is 2.69. The number of rotatable bonds is 9. The van der Waals surface area contributed by atoms with Crippen LogP contribution in [0.25, 0.3) is 77.9 Å². The average molecular weight is 1120 g/mol. The van der Waals surface area contributed by atoms with Crippen LogP contribution in [0.4, 0.5) is 34.1 Å². The summed E-state index contributed by atoms with van der Waals surface area (Å²) in [4.78, 5) is 5.38. The zero-order chi connectivity index (χ0) is 59.8. The molecule has 0 radical (unpaired) electrons. The van der Waals surface area contributed by atoms with Crippen molar-refractivity contribution in [3.63, 3.8) is 0 Å². The van der Waals surface area contributed by atoms with Gasteiger partial charge in [-0.05, 0) is 153 Å². The van der Waals surface area contributed by atoms with Gasteiger partial charge in [-0.2, -0.15) is 0 Å². The zero-order valence-electron chi connectivity index (χ0n) is 51.5. The minimum Gasteiger partial charge on any atom is -0.310 e. The van der Waals surface area contributed by atoms with E-state index in [1.807, 2.05) is 0 Å². The van der Waals surface area contributed by atoms with E-state index in [4.69, 9.17) is 0 Å². The van der Waals surface area contributed by atoms with Gasteiger partial charge in [-0.3, -0.25) is 0 Å². The number of anilines is 6. The van der Waals surface area contributed by atoms with Gasteiger partial charge in [-0.15, -0.1) is 0 Å². The second kappa shape index (κ2) is 21.7. The quantitative estimate of drug-likeness (QED) is 0.133. The highest BCUT2D eigenvalue weighted by atomic mass is 15.2. The zero-order valence-corrected chi connectivity index (χ0v) is 51.5. The summed E-state index contributed by atoms with van der Waals surface area (Å²) in [6.07, 6.45) is 0. The highest BCUT2D eigenvalue weighted by molar-refractivity contribution is 7.00. The van der Waals surface area contributed by atoms with Gasteiger partial charge in [-0.1, -0.05) is 293 Å². The second-order valence-corrected chi connectivity index (χ2v) is 26.9. The van der Waals surface area contributed by atoms with E-state index in [9.17, 15) is 0 Å². The van der Waals surface area contributed by atoms with Crippen LogP contribution < -0.4 is 26.2 Å². The van der Waals surface area contributed by atoms with Crippen molar-refractivity contribution >= 4 is 57.2 Å². The van der Waals surface area contributed by atoms with E-state index >= 15 is 0 Å². The molecular weight excluding hydrogens is 1050 g/mol. The van der Waals surface area contributed by atoms with Crippen LogP contribution in [0.3, 0.4) is 0 Å². The van der Waals surface area contributed by atoms with Crippen molar-refractivity contribution in [3.05, 3.63) is 296 Å². The number of nitrogens with zero attached hydrogens (tertiary/aromatic N) is 2. The lowest BCUT2D eigenvalue weighted by atomic mass is 9.33. The Morgan fingerprint density at radius 3 is 0.931 bits per heavy atom. The molecule has 12 aromatic carbocycles. The summed E-state index contributed by atoms with van der Waals surface area (Å²) in [5, 5.41) is 0. The molecule has 0 bridgehead atoms. The minimum absolute atomic E-state index is 0.103. The molecule has 12 aromatic rings. The lowest BCUT2D eigenvalue weighted by molar-refractivity contribution is 0.590. The van der Waals surface area contributed by atoms with Gasteiger partial charge in [0, 0.05) is 45.0 Å². The Bertz CT molecular complexity index is 4390. The molecule has 14 rings (SSSR count). The Kier molecular flexibility index (Phi) is 13.7. The largest absolute Gasteiger partial charge is 0.310 e. The topological polar surface area (TPSA) is 6.48 Å². The molecule has 422 valence electrons. The lowest BCUT2D eigenvalue weighted by Gasteiger charge is -2.46. The van der Waals surface area contributed by atoms with Crippen LogP contribution in [0.15, 0.2) is 279 Å². The van der Waals surface area contributed by atoms with Crippen LogP contribution in [0.5, 0.6) is 0 Å². The average Bonchev–Trinajstić information content (AvgIpc) is 0.696. The normalized spacial score (nSPS) is 12.8. The summed E-state index contributed by atoms with van der Waals surface area (Å²) < 4.78 is 0. The predicted molar refractivity (Wildman–Crippen MR) is 375 cm³/mol. The number of hydrogen-bond acceptors (Lipinski definition) is 2. The van der Waals surface area contributed by atoms with Crippen molar-refractivity contribution in [2.45, 2.75) is 78.6 Å². The Labute approximate surface area is 516 Å². The first kappa shape index (κ1) is 55.2. The SMILES string of the molecule is CC(C)(C)c1cc(-c2ccccc2)c(N2c3ccc(-c4ccccc4)cc3B3c4cc(-c5ccccc5C(C)(C)C)ccc4N(c4c(-c5ccccc5)cc(C(C)(C)C)cc4-c4ccccc4)c4cc(-c5ccccc5)cc2c43)c(-c2ccccc2)c1. The highest BCUT2D eigenvalue weighted by Gasteiger charge is 2.46. The highest BCUT2D eigenvalue weighted by Crippen LogP contribution is 2.55. The van der Waals surface area contributed by atoms with Gasteiger partial charge in [0.15, 0.2) is 0 Å². The number of benzene rings is 12. The molecule has 0 amide bonds. The number of hydrogen-bond donors (Lipinski definition) is 0. The first-order valence-corrected chi connectivity index (χ1v) is 30.9. The Morgan fingerprint density at radius 1 is 0.241 bits per heavy atom. The first-order valence-electron chi connectivity index (χ1n) is 30.9. The molecule has 0 fully saturated rings. The molecule has 0 N–H and O–H groups in total. The molecule has 2 aliphatic heterocycles. The second-order valence-electron chi connectivity index (χ2n) is 26.9. The van der Waals surface area contributed by atoms with Gasteiger partial charge >= 0.3 is 0 Å². The van der Waals surface area contributed by atoms with Crippen molar-refractivity contribution in [1.29, 1.82) is 0 Å². The van der Waals surface area contributed by atoms with Crippen LogP contribution >= 0.6 is 0 Å². The van der Waals surface area contributed by atoms with Crippen LogP contribution in [-0.4, -0.2) is 6.71 Å². The van der Waals surface area contributed by atoms with Gasteiger partial charge in [0.2, 0.25) is 0 Å². The molecule has 2 nitrogen and oxygen atoms in total. The summed E-state index contributed by atoms with van der Waals surface area (Å²) in [5.41, 5.74) is 30.7. The van der Waals surface area contributed by atoms with Crippen LogP contribution in [0, 0.1) is 0 Å². The third-order valence-corrected chi connectivity index (χ3v) is 18.1. The third-order valence-electron chi connectivity index (χ3n) is 18.1. The molecule has 0 aliphatic carbocycles. The molecule has 87 heavy (non-hydrogen) atoms. The third kappa shape index (κ3) is 10.00. The Morgan fingerprint density at radius 2 is 0.563 bits per heavy atom. The Hall–Kier alpha value is -9.70. The van der Waals surface area contributed by atoms with Crippen molar-refractivity contribution in [3.8, 4) is 77.9 Å². The molecule has 2 aliphatic rings. The maximum absolute atomic E-state index is 2.69. The number of fused-ring (bicyclic) bond motifs is 4. The van der Waals surface area contributed by atoms with Gasteiger partial charge in [-0.25, -0.2) is 0 Å². The van der Waals surface area contributed by atoms with Crippen LogP contribution in [0.1, 0.15) is 79.0 Å². The van der Waals surface area contributed by atoms with Crippen LogP contribution in [0.2, 0.25) is 0 Å². The smallest absolute Gasteiger partial charge is 0.252 e.